The van der Waals surface area contributed by atoms with Gasteiger partial charge in [0, 0.05) is 0 Å². The lowest BCUT2D eigenvalue weighted by Crippen LogP contribution is -2.00. The normalized spacial score (nSPS) is 9.78. The van der Waals surface area contributed by atoms with Gasteiger partial charge in [0.1, 0.15) is 12.4 Å². The van der Waals surface area contributed by atoms with E-state index in [9.17, 15) is 0 Å². The van der Waals surface area contributed by atoms with Crippen molar-refractivity contribution in [2.24, 2.45) is 0 Å². The van der Waals surface area contributed by atoms with Crippen LogP contribution in [0.3, 0.4) is 0 Å². The van der Waals surface area contributed by atoms with Gasteiger partial charge in [-0.25, -0.2) is 0 Å². The van der Waals surface area contributed by atoms with E-state index in [0.29, 0.717) is 23.6 Å². The molecule has 2 N–H and O–H groups in total. The van der Waals surface area contributed by atoms with Crippen molar-refractivity contribution in [1.29, 1.82) is 5.26 Å². The molecule has 90 valence electrons. The standard InChI is InChI=1S/C15H14N2O/c1-11-4-2-3-5-13(11)10-18-15-7-6-12(9-16)8-14(15)17/h2-8H,10,17H2,1H3. The van der Waals surface area contributed by atoms with Crippen molar-refractivity contribution in [1.82, 2.24) is 0 Å². The SMILES string of the molecule is Cc1ccccc1COc1ccc(C#N)cc1N. The van der Waals surface area contributed by atoms with Crippen LogP contribution in [-0.4, -0.2) is 0 Å². The van der Waals surface area contributed by atoms with Crippen molar-refractivity contribution in [2.45, 2.75) is 13.5 Å². The predicted molar refractivity (Wildman–Crippen MR) is 71.1 cm³/mol. The molecule has 0 aliphatic rings. The fourth-order valence-electron chi connectivity index (χ4n) is 1.68. The quantitative estimate of drug-likeness (QED) is 0.836. The highest BCUT2D eigenvalue weighted by Crippen LogP contribution is 2.23. The minimum absolute atomic E-state index is 0.475. The second-order valence-corrected chi connectivity index (χ2v) is 4.08. The third-order valence-corrected chi connectivity index (χ3v) is 2.78. The Morgan fingerprint density at radius 1 is 1.22 bits per heavy atom. The molecule has 2 rings (SSSR count). The molecule has 0 spiro atoms. The van der Waals surface area contributed by atoms with Gasteiger partial charge < -0.3 is 10.5 Å². The highest BCUT2D eigenvalue weighted by atomic mass is 16.5. The van der Waals surface area contributed by atoms with Crippen molar-refractivity contribution in [2.75, 3.05) is 5.73 Å². The Labute approximate surface area is 106 Å². The Morgan fingerprint density at radius 2 is 2.00 bits per heavy atom. The zero-order chi connectivity index (χ0) is 13.0. The summed E-state index contributed by atoms with van der Waals surface area (Å²) >= 11 is 0. The summed E-state index contributed by atoms with van der Waals surface area (Å²) in [4.78, 5) is 0. The molecule has 0 aromatic heterocycles. The fraction of sp³-hybridized carbons (Fsp3) is 0.133. The van der Waals surface area contributed by atoms with Gasteiger partial charge in [-0.05, 0) is 36.2 Å². The van der Waals surface area contributed by atoms with Crippen molar-refractivity contribution in [3.8, 4) is 11.8 Å². The summed E-state index contributed by atoms with van der Waals surface area (Å²) in [5.41, 5.74) is 9.16. The van der Waals surface area contributed by atoms with Gasteiger partial charge in [0.25, 0.3) is 0 Å². The third-order valence-electron chi connectivity index (χ3n) is 2.78. The van der Waals surface area contributed by atoms with Gasteiger partial charge in [-0.15, -0.1) is 0 Å². The molecule has 18 heavy (non-hydrogen) atoms. The number of hydrogen-bond donors (Lipinski definition) is 1. The molecule has 0 fully saturated rings. The van der Waals surface area contributed by atoms with Crippen LogP contribution in [0.1, 0.15) is 16.7 Å². The molecular formula is C15H14N2O. The van der Waals surface area contributed by atoms with Crippen LogP contribution in [-0.2, 0) is 6.61 Å². The van der Waals surface area contributed by atoms with E-state index in [0.717, 1.165) is 5.56 Å². The third kappa shape index (κ3) is 2.61. The minimum atomic E-state index is 0.475. The van der Waals surface area contributed by atoms with Gasteiger partial charge in [0.2, 0.25) is 0 Å². The molecule has 2 aromatic rings. The number of benzene rings is 2. The number of nitriles is 1. The maximum Gasteiger partial charge on any atom is 0.142 e. The van der Waals surface area contributed by atoms with Crippen LogP contribution in [0.5, 0.6) is 5.75 Å². The fourth-order valence-corrected chi connectivity index (χ4v) is 1.68. The molecule has 2 aromatic carbocycles. The van der Waals surface area contributed by atoms with Gasteiger partial charge in [-0.1, -0.05) is 24.3 Å². The number of nitrogens with zero attached hydrogens (tertiary/aromatic N) is 1. The number of nitrogens with two attached hydrogens (primary N) is 1. The Morgan fingerprint density at radius 3 is 2.67 bits per heavy atom. The maximum atomic E-state index is 8.75. The second kappa shape index (κ2) is 5.24. The molecule has 3 nitrogen and oxygen atoms in total. The van der Waals surface area contributed by atoms with E-state index < -0.39 is 0 Å². The molecule has 0 heterocycles. The summed E-state index contributed by atoms with van der Waals surface area (Å²) in [7, 11) is 0. The first-order chi connectivity index (χ1) is 8.70. The summed E-state index contributed by atoms with van der Waals surface area (Å²) in [6.45, 7) is 2.52. The Kier molecular flexibility index (Phi) is 3.49. The molecule has 0 saturated carbocycles. The highest BCUT2D eigenvalue weighted by Gasteiger charge is 2.03. The van der Waals surface area contributed by atoms with E-state index in [2.05, 4.69) is 0 Å². The molecule has 0 radical (unpaired) electrons. The molecule has 0 atom stereocenters. The molecule has 0 aliphatic carbocycles. The smallest absolute Gasteiger partial charge is 0.142 e. The highest BCUT2D eigenvalue weighted by molar-refractivity contribution is 5.56. The number of ether oxygens (including phenoxy) is 1. The number of nitrogen functional groups attached to an aromatic ring is 1. The van der Waals surface area contributed by atoms with Crippen LogP contribution in [0.4, 0.5) is 5.69 Å². The first-order valence-electron chi connectivity index (χ1n) is 5.67. The minimum Gasteiger partial charge on any atom is -0.487 e. The Bertz CT molecular complexity index is 600. The number of anilines is 1. The summed E-state index contributed by atoms with van der Waals surface area (Å²) < 4.78 is 5.67. The van der Waals surface area contributed by atoms with Crippen molar-refractivity contribution in [3.05, 3.63) is 59.2 Å². The predicted octanol–water partition coefficient (Wildman–Crippen LogP) is 3.03. The maximum absolute atomic E-state index is 8.75. The summed E-state index contributed by atoms with van der Waals surface area (Å²) in [6.07, 6.45) is 0. The van der Waals surface area contributed by atoms with Crippen LogP contribution in [0.2, 0.25) is 0 Å². The summed E-state index contributed by atoms with van der Waals surface area (Å²) in [6, 6.07) is 15.1. The van der Waals surface area contributed by atoms with E-state index in [1.165, 1.54) is 5.56 Å². The lowest BCUT2D eigenvalue weighted by molar-refractivity contribution is 0.307. The van der Waals surface area contributed by atoms with Gasteiger partial charge in [0.05, 0.1) is 17.3 Å². The van der Waals surface area contributed by atoms with Gasteiger partial charge in [-0.2, -0.15) is 5.26 Å². The van der Waals surface area contributed by atoms with Gasteiger partial charge in [0.15, 0.2) is 0 Å². The van der Waals surface area contributed by atoms with Crippen molar-refractivity contribution in [3.63, 3.8) is 0 Å². The van der Waals surface area contributed by atoms with Crippen LogP contribution in [0.25, 0.3) is 0 Å². The molecular weight excluding hydrogens is 224 g/mol. The molecule has 0 unspecified atom stereocenters. The van der Waals surface area contributed by atoms with E-state index in [-0.39, 0.29) is 0 Å². The lowest BCUT2D eigenvalue weighted by atomic mass is 10.1. The Balaban J connectivity index is 2.12. The number of aryl methyl sites for hydroxylation is 1. The zero-order valence-corrected chi connectivity index (χ0v) is 10.2. The number of hydrogen-bond acceptors (Lipinski definition) is 3. The molecule has 0 amide bonds. The Hall–Kier alpha value is -2.47. The average Bonchev–Trinajstić information content (AvgIpc) is 2.39. The van der Waals surface area contributed by atoms with E-state index in [4.69, 9.17) is 15.7 Å². The number of rotatable bonds is 3. The van der Waals surface area contributed by atoms with Crippen molar-refractivity contribution < 1.29 is 4.74 Å². The summed E-state index contributed by atoms with van der Waals surface area (Å²) in [5.74, 6) is 0.609. The first-order valence-corrected chi connectivity index (χ1v) is 5.67. The molecule has 0 saturated heterocycles. The van der Waals surface area contributed by atoms with E-state index in [1.807, 2.05) is 37.3 Å². The second-order valence-electron chi connectivity index (χ2n) is 4.08. The van der Waals surface area contributed by atoms with E-state index in [1.54, 1.807) is 18.2 Å². The largest absolute Gasteiger partial charge is 0.487 e. The average molecular weight is 238 g/mol. The molecule has 0 aliphatic heterocycles. The van der Waals surface area contributed by atoms with Crippen molar-refractivity contribution >= 4 is 5.69 Å². The first kappa shape index (κ1) is 12.0. The van der Waals surface area contributed by atoms with Crippen LogP contribution in [0.15, 0.2) is 42.5 Å². The monoisotopic (exact) mass is 238 g/mol. The lowest BCUT2D eigenvalue weighted by Gasteiger charge is -2.10. The summed E-state index contributed by atoms with van der Waals surface area (Å²) in [5, 5.41) is 8.75. The van der Waals surface area contributed by atoms with Crippen LogP contribution < -0.4 is 10.5 Å². The van der Waals surface area contributed by atoms with Crippen LogP contribution in [0, 0.1) is 18.3 Å². The van der Waals surface area contributed by atoms with Gasteiger partial charge >= 0.3 is 0 Å². The topological polar surface area (TPSA) is 59.0 Å². The van der Waals surface area contributed by atoms with E-state index >= 15 is 0 Å². The molecule has 3 heteroatoms. The zero-order valence-electron chi connectivity index (χ0n) is 10.2. The van der Waals surface area contributed by atoms with Gasteiger partial charge in [-0.3, -0.25) is 0 Å². The van der Waals surface area contributed by atoms with Crippen LogP contribution >= 0.6 is 0 Å². The molecule has 0 bridgehead atoms.